The first-order valence-electron chi connectivity index (χ1n) is 5.53. The third kappa shape index (κ3) is 11.9. The lowest BCUT2D eigenvalue weighted by atomic mass is 10.1. The van der Waals surface area contributed by atoms with Crippen LogP contribution in [0.3, 0.4) is 0 Å². The number of amides is 2. The van der Waals surface area contributed by atoms with Gasteiger partial charge in [-0.05, 0) is 6.42 Å². The van der Waals surface area contributed by atoms with Gasteiger partial charge in [-0.2, -0.15) is 0 Å². The van der Waals surface area contributed by atoms with Gasteiger partial charge in [0.15, 0.2) is 0 Å². The summed E-state index contributed by atoms with van der Waals surface area (Å²) in [6, 6.07) is -2.36. The van der Waals surface area contributed by atoms with Crippen molar-refractivity contribution in [3.63, 3.8) is 0 Å². The van der Waals surface area contributed by atoms with E-state index in [4.69, 9.17) is 15.3 Å². The average molecular weight is 278 g/mol. The molecule has 0 radical (unpaired) electrons. The number of nitrogens with one attached hydrogen (secondary N) is 2. The zero-order chi connectivity index (χ0) is 15.4. The van der Waals surface area contributed by atoms with Crippen LogP contribution in [0.2, 0.25) is 0 Å². The minimum Gasteiger partial charge on any atom is -0.481 e. The largest absolute Gasteiger partial charge is 0.481 e. The van der Waals surface area contributed by atoms with E-state index in [1.165, 1.54) is 0 Å². The first kappa shape index (κ1) is 19.0. The maximum absolute atomic E-state index is 11.0. The van der Waals surface area contributed by atoms with E-state index in [1.807, 2.05) is 24.5 Å². The minimum atomic E-state index is -1.39. The molecule has 110 valence electrons. The van der Waals surface area contributed by atoms with Crippen LogP contribution >= 0.6 is 0 Å². The molecular formula is C10H18N2O7. The topological polar surface area (TPSA) is 153 Å². The van der Waals surface area contributed by atoms with Gasteiger partial charge in [-0.1, -0.05) is 13.8 Å². The van der Waals surface area contributed by atoms with Crippen LogP contribution < -0.4 is 10.6 Å². The summed E-state index contributed by atoms with van der Waals surface area (Å²) in [7, 11) is 0. The van der Waals surface area contributed by atoms with Crippen molar-refractivity contribution in [3.8, 4) is 0 Å². The minimum absolute atomic E-state index is 0.287. The van der Waals surface area contributed by atoms with Crippen molar-refractivity contribution >= 4 is 23.9 Å². The van der Waals surface area contributed by atoms with Crippen molar-refractivity contribution in [1.29, 1.82) is 0 Å². The van der Waals surface area contributed by atoms with Gasteiger partial charge in [-0.3, -0.25) is 9.59 Å². The molecule has 0 fully saturated rings. The number of carbonyl (C=O) groups excluding carboxylic acids is 1. The third-order valence-electron chi connectivity index (χ3n) is 1.65. The number of urea groups is 1. The van der Waals surface area contributed by atoms with E-state index in [0.717, 1.165) is 0 Å². The molecule has 0 aliphatic heterocycles. The number of carboxylic acids is 3. The molecule has 1 unspecified atom stereocenters. The number of aliphatic carboxylic acids is 3. The monoisotopic (exact) mass is 278 g/mol. The van der Waals surface area contributed by atoms with Gasteiger partial charge in [0.1, 0.15) is 12.6 Å². The molecule has 5 N–H and O–H groups in total. The van der Waals surface area contributed by atoms with Gasteiger partial charge in [0, 0.05) is 6.42 Å². The molecule has 9 nitrogen and oxygen atoms in total. The van der Waals surface area contributed by atoms with Crippen molar-refractivity contribution < 1.29 is 34.5 Å². The average Bonchev–Trinajstić information content (AvgIpc) is 2.33. The standard InChI is InChI=1S/C8H12N2O7.C2H6/c11-5(12)2-1-4(7(15)16)10-8(17)9-3-6(13)14;1-2/h4H,1-3H2,(H,11,12)(H,13,14)(H,15,16)(H2,9,10,17);1-2H3. The number of carbonyl (C=O) groups is 4. The van der Waals surface area contributed by atoms with E-state index in [9.17, 15) is 19.2 Å². The predicted octanol–water partition coefficient (Wildman–Crippen LogP) is -0.286. The van der Waals surface area contributed by atoms with E-state index < -0.39 is 42.9 Å². The normalized spacial score (nSPS) is 10.4. The van der Waals surface area contributed by atoms with Gasteiger partial charge in [-0.25, -0.2) is 9.59 Å². The number of rotatable bonds is 7. The lowest BCUT2D eigenvalue weighted by molar-refractivity contribution is -0.140. The van der Waals surface area contributed by atoms with Crippen LogP contribution in [-0.4, -0.2) is 51.8 Å². The molecule has 0 saturated heterocycles. The summed E-state index contributed by atoms with van der Waals surface area (Å²) in [6.07, 6.45) is -0.707. The highest BCUT2D eigenvalue weighted by atomic mass is 16.4. The molecule has 2 amide bonds. The lowest BCUT2D eigenvalue weighted by Crippen LogP contribution is -2.47. The summed E-state index contributed by atoms with van der Waals surface area (Å²) >= 11 is 0. The molecule has 9 heteroatoms. The Balaban J connectivity index is 0. The summed E-state index contributed by atoms with van der Waals surface area (Å²) in [5.74, 6) is -3.86. The molecule has 1 atom stereocenters. The Bertz CT molecular complexity index is 330. The van der Waals surface area contributed by atoms with Crippen LogP contribution in [0.5, 0.6) is 0 Å². The van der Waals surface area contributed by atoms with Gasteiger partial charge in [0.05, 0.1) is 0 Å². The van der Waals surface area contributed by atoms with Crippen molar-refractivity contribution in [2.24, 2.45) is 0 Å². The zero-order valence-corrected chi connectivity index (χ0v) is 10.7. The number of hydrogen-bond acceptors (Lipinski definition) is 4. The van der Waals surface area contributed by atoms with E-state index >= 15 is 0 Å². The van der Waals surface area contributed by atoms with Gasteiger partial charge in [-0.15, -0.1) is 0 Å². The maximum Gasteiger partial charge on any atom is 0.326 e. The summed E-state index contributed by atoms with van der Waals surface area (Å²) in [6.45, 7) is 3.34. The molecule has 0 aliphatic carbocycles. The first-order chi connectivity index (χ1) is 8.82. The fourth-order valence-corrected chi connectivity index (χ4v) is 0.890. The summed E-state index contributed by atoms with van der Waals surface area (Å²) in [5.41, 5.74) is 0. The second-order valence-electron chi connectivity index (χ2n) is 3.04. The summed E-state index contributed by atoms with van der Waals surface area (Å²) in [4.78, 5) is 42.0. The van der Waals surface area contributed by atoms with Crippen molar-refractivity contribution in [3.05, 3.63) is 0 Å². The van der Waals surface area contributed by atoms with E-state index in [0.29, 0.717) is 0 Å². The lowest BCUT2D eigenvalue weighted by Gasteiger charge is -2.13. The van der Waals surface area contributed by atoms with Crippen LogP contribution in [-0.2, 0) is 14.4 Å². The Hall–Kier alpha value is -2.32. The van der Waals surface area contributed by atoms with Crippen molar-refractivity contribution in [2.45, 2.75) is 32.7 Å². The van der Waals surface area contributed by atoms with Crippen LogP contribution in [0.1, 0.15) is 26.7 Å². The molecule has 0 rings (SSSR count). The van der Waals surface area contributed by atoms with Crippen LogP contribution in [0.4, 0.5) is 4.79 Å². The molecule has 0 heterocycles. The Morgan fingerprint density at radius 2 is 1.53 bits per heavy atom. The Kier molecular flexibility index (Phi) is 10.8. The van der Waals surface area contributed by atoms with Crippen molar-refractivity contribution in [2.75, 3.05) is 6.54 Å². The second-order valence-corrected chi connectivity index (χ2v) is 3.04. The molecule has 0 aromatic rings. The SMILES string of the molecule is CC.O=C(O)CCC(NC(=O)NCC(=O)O)C(=O)O. The summed E-state index contributed by atoms with van der Waals surface area (Å²) < 4.78 is 0. The quantitative estimate of drug-likeness (QED) is 0.429. The first-order valence-corrected chi connectivity index (χ1v) is 5.53. The highest BCUT2D eigenvalue weighted by Crippen LogP contribution is 1.97. The second kappa shape index (κ2) is 10.8. The van der Waals surface area contributed by atoms with Crippen LogP contribution in [0, 0.1) is 0 Å². The number of carboxylic acid groups (broad SMARTS) is 3. The number of hydrogen-bond donors (Lipinski definition) is 5. The van der Waals surface area contributed by atoms with E-state index in [-0.39, 0.29) is 6.42 Å². The van der Waals surface area contributed by atoms with E-state index in [2.05, 4.69) is 0 Å². The van der Waals surface area contributed by atoms with Gasteiger partial charge < -0.3 is 26.0 Å². The Morgan fingerprint density at radius 1 is 1.00 bits per heavy atom. The molecule has 0 bridgehead atoms. The molecule has 0 saturated carbocycles. The highest BCUT2D eigenvalue weighted by molar-refractivity contribution is 5.84. The fraction of sp³-hybridized carbons (Fsp3) is 0.600. The molecule has 19 heavy (non-hydrogen) atoms. The smallest absolute Gasteiger partial charge is 0.326 e. The van der Waals surface area contributed by atoms with Gasteiger partial charge in [0.25, 0.3) is 0 Å². The molecule has 0 aliphatic rings. The zero-order valence-electron chi connectivity index (χ0n) is 10.7. The van der Waals surface area contributed by atoms with Crippen LogP contribution in [0.25, 0.3) is 0 Å². The maximum atomic E-state index is 11.0. The molecule has 0 aromatic heterocycles. The molecule has 0 spiro atoms. The summed E-state index contributed by atoms with van der Waals surface area (Å²) in [5, 5.41) is 29.1. The predicted molar refractivity (Wildman–Crippen MR) is 63.8 cm³/mol. The highest BCUT2D eigenvalue weighted by Gasteiger charge is 2.20. The van der Waals surface area contributed by atoms with Crippen LogP contribution in [0.15, 0.2) is 0 Å². The van der Waals surface area contributed by atoms with Gasteiger partial charge >= 0.3 is 23.9 Å². The third-order valence-corrected chi connectivity index (χ3v) is 1.65. The van der Waals surface area contributed by atoms with Crippen molar-refractivity contribution in [1.82, 2.24) is 10.6 Å². The molecular weight excluding hydrogens is 260 g/mol. The molecule has 0 aromatic carbocycles. The fourth-order valence-electron chi connectivity index (χ4n) is 0.890. The Morgan fingerprint density at radius 3 is 1.89 bits per heavy atom. The Labute approximate surface area is 109 Å². The van der Waals surface area contributed by atoms with Gasteiger partial charge in [0.2, 0.25) is 0 Å². The van der Waals surface area contributed by atoms with E-state index in [1.54, 1.807) is 0 Å².